The predicted molar refractivity (Wildman–Crippen MR) is 119 cm³/mol. The van der Waals surface area contributed by atoms with Crippen molar-refractivity contribution in [2.45, 2.75) is 13.8 Å². The molecule has 1 saturated heterocycles. The summed E-state index contributed by atoms with van der Waals surface area (Å²) in [6.45, 7) is 7.91. The first kappa shape index (κ1) is 18.0. The van der Waals surface area contributed by atoms with E-state index in [2.05, 4.69) is 46.8 Å². The van der Waals surface area contributed by atoms with E-state index in [1.165, 1.54) is 4.88 Å². The molecule has 0 aliphatic carbocycles. The van der Waals surface area contributed by atoms with Crippen LogP contribution in [0, 0.1) is 13.8 Å². The maximum absolute atomic E-state index is 4.95. The molecule has 0 spiro atoms. The summed E-state index contributed by atoms with van der Waals surface area (Å²) in [5.74, 6) is 1.72. The largest absolute Gasteiger partial charge is 0.352 e. The number of aromatic nitrogens is 4. The molecule has 146 valence electrons. The molecule has 5 rings (SSSR count). The monoisotopic (exact) mass is 402 g/mol. The van der Waals surface area contributed by atoms with Crippen molar-refractivity contribution in [3.05, 3.63) is 59.4 Å². The maximum atomic E-state index is 4.95. The highest BCUT2D eigenvalue weighted by molar-refractivity contribution is 7.15. The number of hydrogen-bond acceptors (Lipinski definition) is 7. The molecule has 0 atom stereocenters. The Balaban J connectivity index is 1.47. The molecule has 29 heavy (non-hydrogen) atoms. The molecule has 0 N–H and O–H groups in total. The molecule has 0 unspecified atom stereocenters. The number of thiazole rings is 1. The van der Waals surface area contributed by atoms with E-state index in [-0.39, 0.29) is 0 Å². The molecule has 4 heterocycles. The summed E-state index contributed by atoms with van der Waals surface area (Å²) >= 11 is 1.78. The van der Waals surface area contributed by atoms with Crippen LogP contribution in [0.2, 0.25) is 0 Å². The van der Waals surface area contributed by atoms with Gasteiger partial charge in [-0.05, 0) is 38.1 Å². The maximum Gasteiger partial charge on any atom is 0.185 e. The van der Waals surface area contributed by atoms with Gasteiger partial charge in [0.1, 0.15) is 5.82 Å². The van der Waals surface area contributed by atoms with Crippen molar-refractivity contribution in [1.82, 2.24) is 19.9 Å². The van der Waals surface area contributed by atoms with Gasteiger partial charge >= 0.3 is 0 Å². The standard InChI is InChI=1S/C22H22N6S/c1-15-16(2)29-22(24-15)28-12-10-27(11-13-28)21-18-7-3-4-8-19(18)25-20(26-21)17-6-5-9-23-14-17/h3-9,14H,10-13H2,1-2H3. The summed E-state index contributed by atoms with van der Waals surface area (Å²) in [6.07, 6.45) is 3.59. The average molecular weight is 403 g/mol. The zero-order chi connectivity index (χ0) is 19.8. The molecular weight excluding hydrogens is 380 g/mol. The van der Waals surface area contributed by atoms with Gasteiger partial charge in [0.15, 0.2) is 11.0 Å². The molecule has 0 bridgehead atoms. The van der Waals surface area contributed by atoms with Crippen LogP contribution in [0.3, 0.4) is 0 Å². The first-order valence-electron chi connectivity index (χ1n) is 9.80. The Morgan fingerprint density at radius 3 is 2.38 bits per heavy atom. The Bertz CT molecular complexity index is 1130. The smallest absolute Gasteiger partial charge is 0.185 e. The van der Waals surface area contributed by atoms with Crippen LogP contribution in [0.25, 0.3) is 22.3 Å². The van der Waals surface area contributed by atoms with Gasteiger partial charge in [-0.2, -0.15) is 0 Å². The van der Waals surface area contributed by atoms with Gasteiger partial charge in [0, 0.05) is 54.4 Å². The second-order valence-electron chi connectivity index (χ2n) is 7.24. The number of aryl methyl sites for hydroxylation is 2. The zero-order valence-corrected chi connectivity index (χ0v) is 17.4. The summed E-state index contributed by atoms with van der Waals surface area (Å²) in [5, 5.41) is 2.22. The van der Waals surface area contributed by atoms with E-state index in [1.807, 2.05) is 24.4 Å². The second-order valence-corrected chi connectivity index (χ2v) is 8.42. The summed E-state index contributed by atoms with van der Waals surface area (Å²) in [6, 6.07) is 12.2. The fraction of sp³-hybridized carbons (Fsp3) is 0.273. The molecule has 6 nitrogen and oxygen atoms in total. The highest BCUT2D eigenvalue weighted by Gasteiger charge is 2.23. The third-order valence-electron chi connectivity index (χ3n) is 5.37. The van der Waals surface area contributed by atoms with Crippen molar-refractivity contribution in [2.24, 2.45) is 0 Å². The van der Waals surface area contributed by atoms with E-state index in [0.717, 1.165) is 65.1 Å². The number of hydrogen-bond donors (Lipinski definition) is 0. The molecule has 0 amide bonds. The van der Waals surface area contributed by atoms with E-state index in [4.69, 9.17) is 15.0 Å². The lowest BCUT2D eigenvalue weighted by atomic mass is 10.2. The Labute approximate surface area is 173 Å². The molecule has 0 radical (unpaired) electrons. The molecule has 3 aromatic heterocycles. The van der Waals surface area contributed by atoms with E-state index in [1.54, 1.807) is 17.5 Å². The SMILES string of the molecule is Cc1nc(N2CCN(c3nc(-c4cccnc4)nc4ccccc34)CC2)sc1C. The number of anilines is 2. The van der Waals surface area contributed by atoms with Crippen LogP contribution in [0.4, 0.5) is 10.9 Å². The van der Waals surface area contributed by atoms with Crippen molar-refractivity contribution in [3.8, 4) is 11.4 Å². The Kier molecular flexibility index (Phi) is 4.60. The Morgan fingerprint density at radius 1 is 0.862 bits per heavy atom. The van der Waals surface area contributed by atoms with Gasteiger partial charge in [-0.25, -0.2) is 15.0 Å². The fourth-order valence-electron chi connectivity index (χ4n) is 3.63. The van der Waals surface area contributed by atoms with Crippen molar-refractivity contribution in [3.63, 3.8) is 0 Å². The minimum Gasteiger partial charge on any atom is -0.352 e. The number of para-hydroxylation sites is 1. The van der Waals surface area contributed by atoms with Gasteiger partial charge in [0.25, 0.3) is 0 Å². The van der Waals surface area contributed by atoms with Gasteiger partial charge in [-0.3, -0.25) is 4.98 Å². The van der Waals surface area contributed by atoms with E-state index in [0.29, 0.717) is 0 Å². The predicted octanol–water partition coefficient (Wildman–Crippen LogP) is 4.09. The highest BCUT2D eigenvalue weighted by atomic mass is 32.1. The second kappa shape index (κ2) is 7.40. The zero-order valence-electron chi connectivity index (χ0n) is 16.5. The lowest BCUT2D eigenvalue weighted by Gasteiger charge is -2.35. The first-order chi connectivity index (χ1) is 14.2. The molecular formula is C22H22N6S. The normalized spacial score (nSPS) is 14.6. The average Bonchev–Trinajstić information content (AvgIpc) is 3.12. The van der Waals surface area contributed by atoms with E-state index < -0.39 is 0 Å². The summed E-state index contributed by atoms with van der Waals surface area (Å²) in [5.41, 5.74) is 3.03. The van der Waals surface area contributed by atoms with Gasteiger partial charge in [0.2, 0.25) is 0 Å². The fourth-order valence-corrected chi connectivity index (χ4v) is 4.59. The third-order valence-corrected chi connectivity index (χ3v) is 6.50. The number of rotatable bonds is 3. The van der Waals surface area contributed by atoms with Crippen LogP contribution in [-0.4, -0.2) is 46.1 Å². The lowest BCUT2D eigenvalue weighted by molar-refractivity contribution is 0.647. The number of pyridine rings is 1. The molecule has 7 heteroatoms. The Hall–Kier alpha value is -3.06. The molecule has 1 aliphatic rings. The minimum atomic E-state index is 0.723. The number of fused-ring (bicyclic) bond motifs is 1. The number of nitrogens with zero attached hydrogens (tertiary/aromatic N) is 6. The van der Waals surface area contributed by atoms with Crippen molar-refractivity contribution >= 4 is 33.2 Å². The van der Waals surface area contributed by atoms with Gasteiger partial charge in [-0.1, -0.05) is 12.1 Å². The third kappa shape index (κ3) is 3.42. The van der Waals surface area contributed by atoms with Gasteiger partial charge in [-0.15, -0.1) is 11.3 Å². The van der Waals surface area contributed by atoms with Crippen molar-refractivity contribution in [1.29, 1.82) is 0 Å². The molecule has 1 fully saturated rings. The quantitative estimate of drug-likeness (QED) is 0.514. The summed E-state index contributed by atoms with van der Waals surface area (Å²) in [4.78, 5) is 24.7. The molecule has 1 aliphatic heterocycles. The van der Waals surface area contributed by atoms with E-state index in [9.17, 15) is 0 Å². The molecule has 4 aromatic rings. The molecule has 0 saturated carbocycles. The van der Waals surface area contributed by atoms with Gasteiger partial charge in [0.05, 0.1) is 11.2 Å². The van der Waals surface area contributed by atoms with Crippen LogP contribution in [0.1, 0.15) is 10.6 Å². The van der Waals surface area contributed by atoms with Crippen LogP contribution >= 0.6 is 11.3 Å². The number of piperazine rings is 1. The van der Waals surface area contributed by atoms with Crippen LogP contribution in [-0.2, 0) is 0 Å². The lowest BCUT2D eigenvalue weighted by Crippen LogP contribution is -2.47. The minimum absolute atomic E-state index is 0.723. The Morgan fingerprint density at radius 2 is 1.66 bits per heavy atom. The summed E-state index contributed by atoms with van der Waals surface area (Å²) in [7, 11) is 0. The van der Waals surface area contributed by atoms with E-state index >= 15 is 0 Å². The first-order valence-corrected chi connectivity index (χ1v) is 10.6. The molecule has 1 aromatic carbocycles. The van der Waals surface area contributed by atoms with Crippen LogP contribution < -0.4 is 9.80 Å². The van der Waals surface area contributed by atoms with Gasteiger partial charge < -0.3 is 9.80 Å². The highest BCUT2D eigenvalue weighted by Crippen LogP contribution is 2.30. The van der Waals surface area contributed by atoms with Crippen molar-refractivity contribution in [2.75, 3.05) is 36.0 Å². The van der Waals surface area contributed by atoms with Crippen molar-refractivity contribution < 1.29 is 0 Å². The number of benzene rings is 1. The summed E-state index contributed by atoms with van der Waals surface area (Å²) < 4.78 is 0. The van der Waals surface area contributed by atoms with Crippen LogP contribution in [0.15, 0.2) is 48.8 Å². The van der Waals surface area contributed by atoms with Crippen LogP contribution in [0.5, 0.6) is 0 Å². The topological polar surface area (TPSA) is 58.0 Å².